The monoisotopic (exact) mass is 230 g/mol. The van der Waals surface area contributed by atoms with Crippen molar-refractivity contribution in [3.63, 3.8) is 0 Å². The van der Waals surface area contributed by atoms with Crippen LogP contribution in [0, 0.1) is 13.8 Å². The Morgan fingerprint density at radius 3 is 2.56 bits per heavy atom. The van der Waals surface area contributed by atoms with Crippen LogP contribution in [0.15, 0.2) is 46.5 Å². The van der Waals surface area contributed by atoms with Crippen molar-refractivity contribution in [1.82, 2.24) is 4.98 Å². The second-order valence-corrected chi connectivity index (χ2v) is 4.81. The third-order valence-corrected chi connectivity index (χ3v) is 3.54. The summed E-state index contributed by atoms with van der Waals surface area (Å²) in [6.45, 7) is 4.06. The summed E-state index contributed by atoms with van der Waals surface area (Å²) < 4.78 is 0. The third-order valence-electron chi connectivity index (χ3n) is 2.43. The van der Waals surface area contributed by atoms with E-state index in [4.69, 9.17) is 5.73 Å². The number of hydrogen-bond donors (Lipinski definition) is 1. The van der Waals surface area contributed by atoms with Crippen molar-refractivity contribution >= 4 is 17.4 Å². The lowest BCUT2D eigenvalue weighted by molar-refractivity contribution is 1.11. The Kier molecular flexibility index (Phi) is 3.15. The van der Waals surface area contributed by atoms with E-state index in [9.17, 15) is 0 Å². The summed E-state index contributed by atoms with van der Waals surface area (Å²) in [6.07, 6.45) is 1.82. The van der Waals surface area contributed by atoms with Gasteiger partial charge in [0, 0.05) is 16.8 Å². The number of anilines is 1. The summed E-state index contributed by atoms with van der Waals surface area (Å²) in [4.78, 5) is 5.58. The molecule has 82 valence electrons. The molecule has 3 heteroatoms. The number of rotatable bonds is 2. The van der Waals surface area contributed by atoms with Crippen molar-refractivity contribution < 1.29 is 0 Å². The Bertz CT molecular complexity index is 509. The van der Waals surface area contributed by atoms with E-state index in [1.54, 1.807) is 11.8 Å². The quantitative estimate of drug-likeness (QED) is 0.859. The van der Waals surface area contributed by atoms with Crippen molar-refractivity contribution in [3.8, 4) is 0 Å². The zero-order valence-corrected chi connectivity index (χ0v) is 10.2. The Balaban J connectivity index is 2.28. The van der Waals surface area contributed by atoms with Gasteiger partial charge in [0.15, 0.2) is 0 Å². The summed E-state index contributed by atoms with van der Waals surface area (Å²) in [5.41, 5.74) is 8.94. The molecule has 0 saturated carbocycles. The summed E-state index contributed by atoms with van der Waals surface area (Å²) in [6, 6.07) is 10.2. The maximum absolute atomic E-state index is 5.86. The number of aromatic nitrogens is 1. The topological polar surface area (TPSA) is 38.9 Å². The average Bonchev–Trinajstić information content (AvgIpc) is 2.27. The lowest BCUT2D eigenvalue weighted by Gasteiger charge is -2.06. The SMILES string of the molecule is Cc1cnc(Sc2ccccc2C)cc1N. The van der Waals surface area contributed by atoms with E-state index in [0.717, 1.165) is 16.3 Å². The number of aryl methyl sites for hydroxylation is 2. The van der Waals surface area contributed by atoms with Crippen LogP contribution in [0.5, 0.6) is 0 Å². The van der Waals surface area contributed by atoms with Gasteiger partial charge < -0.3 is 5.73 Å². The molecule has 1 aromatic heterocycles. The first-order chi connectivity index (χ1) is 7.66. The van der Waals surface area contributed by atoms with E-state index in [1.165, 1.54) is 10.5 Å². The minimum absolute atomic E-state index is 0.797. The first-order valence-electron chi connectivity index (χ1n) is 5.12. The highest BCUT2D eigenvalue weighted by Gasteiger charge is 2.03. The van der Waals surface area contributed by atoms with Crippen LogP contribution >= 0.6 is 11.8 Å². The van der Waals surface area contributed by atoms with Crippen molar-refractivity contribution in [3.05, 3.63) is 47.7 Å². The second-order valence-electron chi connectivity index (χ2n) is 3.75. The standard InChI is InChI=1S/C13H14N2S/c1-9-5-3-4-6-12(9)16-13-7-11(14)10(2)8-15-13/h3-8H,1-2H3,(H2,14,15). The first-order valence-corrected chi connectivity index (χ1v) is 5.94. The van der Waals surface area contributed by atoms with Crippen LogP contribution < -0.4 is 5.73 Å². The molecular formula is C13H14N2S. The molecule has 0 amide bonds. The van der Waals surface area contributed by atoms with Crippen molar-refractivity contribution in [2.45, 2.75) is 23.8 Å². The first kappa shape index (κ1) is 11.0. The molecule has 0 atom stereocenters. The number of nitrogens with two attached hydrogens (primary N) is 1. The summed E-state index contributed by atoms with van der Waals surface area (Å²) in [5.74, 6) is 0. The molecule has 0 spiro atoms. The molecule has 2 rings (SSSR count). The molecule has 16 heavy (non-hydrogen) atoms. The summed E-state index contributed by atoms with van der Waals surface area (Å²) >= 11 is 1.65. The van der Waals surface area contributed by atoms with Crippen LogP contribution in [0.25, 0.3) is 0 Å². The maximum atomic E-state index is 5.86. The van der Waals surface area contributed by atoms with Gasteiger partial charge in [0.1, 0.15) is 5.03 Å². The Hall–Kier alpha value is -1.48. The van der Waals surface area contributed by atoms with Crippen LogP contribution in [0.3, 0.4) is 0 Å². The fourth-order valence-corrected chi connectivity index (χ4v) is 2.25. The number of pyridine rings is 1. The summed E-state index contributed by atoms with van der Waals surface area (Å²) in [5, 5.41) is 0.942. The Labute approximate surface area is 99.9 Å². The number of benzene rings is 1. The molecule has 2 aromatic rings. The average molecular weight is 230 g/mol. The van der Waals surface area contributed by atoms with Gasteiger partial charge in [0.25, 0.3) is 0 Å². The maximum Gasteiger partial charge on any atom is 0.103 e. The molecule has 0 fully saturated rings. The van der Waals surface area contributed by atoms with E-state index < -0.39 is 0 Å². The van der Waals surface area contributed by atoms with Crippen LogP contribution in [0.4, 0.5) is 5.69 Å². The van der Waals surface area contributed by atoms with E-state index in [0.29, 0.717) is 0 Å². The van der Waals surface area contributed by atoms with Gasteiger partial charge >= 0.3 is 0 Å². The molecule has 0 bridgehead atoms. The van der Waals surface area contributed by atoms with Gasteiger partial charge in [-0.05, 0) is 37.1 Å². The molecular weight excluding hydrogens is 216 g/mol. The Morgan fingerprint density at radius 2 is 1.88 bits per heavy atom. The zero-order valence-electron chi connectivity index (χ0n) is 9.40. The predicted octanol–water partition coefficient (Wildman–Crippen LogP) is 3.43. The van der Waals surface area contributed by atoms with Crippen LogP contribution in [-0.4, -0.2) is 4.98 Å². The second kappa shape index (κ2) is 4.58. The molecule has 0 unspecified atom stereocenters. The van der Waals surface area contributed by atoms with Gasteiger partial charge in [-0.3, -0.25) is 0 Å². The van der Waals surface area contributed by atoms with Gasteiger partial charge in [-0.25, -0.2) is 4.98 Å². The molecule has 0 aliphatic heterocycles. The molecule has 1 aromatic carbocycles. The van der Waals surface area contributed by atoms with Crippen molar-refractivity contribution in [1.29, 1.82) is 0 Å². The van der Waals surface area contributed by atoms with Gasteiger partial charge in [-0.2, -0.15) is 0 Å². The van der Waals surface area contributed by atoms with Crippen molar-refractivity contribution in [2.75, 3.05) is 5.73 Å². The minimum Gasteiger partial charge on any atom is -0.398 e. The normalized spacial score (nSPS) is 10.4. The molecule has 0 aliphatic carbocycles. The van der Waals surface area contributed by atoms with E-state index in [-0.39, 0.29) is 0 Å². The highest BCUT2D eigenvalue weighted by atomic mass is 32.2. The Morgan fingerprint density at radius 1 is 1.12 bits per heavy atom. The van der Waals surface area contributed by atoms with Crippen LogP contribution in [-0.2, 0) is 0 Å². The zero-order chi connectivity index (χ0) is 11.5. The largest absolute Gasteiger partial charge is 0.398 e. The van der Waals surface area contributed by atoms with E-state index in [1.807, 2.05) is 31.3 Å². The van der Waals surface area contributed by atoms with E-state index >= 15 is 0 Å². The van der Waals surface area contributed by atoms with Gasteiger partial charge in [-0.1, -0.05) is 30.0 Å². The van der Waals surface area contributed by atoms with Gasteiger partial charge in [0.05, 0.1) is 0 Å². The smallest absolute Gasteiger partial charge is 0.103 e. The van der Waals surface area contributed by atoms with Gasteiger partial charge in [-0.15, -0.1) is 0 Å². The highest BCUT2D eigenvalue weighted by molar-refractivity contribution is 7.99. The molecule has 1 heterocycles. The van der Waals surface area contributed by atoms with Gasteiger partial charge in [0.2, 0.25) is 0 Å². The number of hydrogen-bond acceptors (Lipinski definition) is 3. The molecule has 0 saturated heterocycles. The molecule has 2 nitrogen and oxygen atoms in total. The van der Waals surface area contributed by atoms with Crippen LogP contribution in [0.2, 0.25) is 0 Å². The predicted molar refractivity (Wildman–Crippen MR) is 68.7 cm³/mol. The summed E-state index contributed by atoms with van der Waals surface area (Å²) in [7, 11) is 0. The van der Waals surface area contributed by atoms with E-state index in [2.05, 4.69) is 24.0 Å². The highest BCUT2D eigenvalue weighted by Crippen LogP contribution is 2.29. The lowest BCUT2D eigenvalue weighted by atomic mass is 10.2. The minimum atomic E-state index is 0.797. The fraction of sp³-hybridized carbons (Fsp3) is 0.154. The molecule has 2 N–H and O–H groups in total. The molecule has 0 aliphatic rings. The lowest BCUT2D eigenvalue weighted by Crippen LogP contribution is -1.92. The molecule has 0 radical (unpaired) electrons. The van der Waals surface area contributed by atoms with Crippen molar-refractivity contribution in [2.24, 2.45) is 0 Å². The van der Waals surface area contributed by atoms with Crippen LogP contribution in [0.1, 0.15) is 11.1 Å². The fourth-order valence-electron chi connectivity index (χ4n) is 1.36. The number of nitrogens with zero attached hydrogens (tertiary/aromatic N) is 1. The number of nitrogen functional groups attached to an aromatic ring is 1. The third kappa shape index (κ3) is 2.36.